The van der Waals surface area contributed by atoms with Crippen LogP contribution in [-0.4, -0.2) is 18.4 Å². The third kappa shape index (κ3) is 7.64. The van der Waals surface area contributed by atoms with Crippen molar-refractivity contribution in [1.29, 1.82) is 0 Å². The first-order valence-corrected chi connectivity index (χ1v) is 8.04. The van der Waals surface area contributed by atoms with Crippen LogP contribution < -0.4 is 5.32 Å². The summed E-state index contributed by atoms with van der Waals surface area (Å²) in [6.45, 7) is 9.21. The van der Waals surface area contributed by atoms with E-state index in [1.807, 2.05) is 19.2 Å². The highest BCUT2D eigenvalue weighted by atomic mass is 16.1. The van der Waals surface area contributed by atoms with Gasteiger partial charge in [0, 0.05) is 0 Å². The number of carbonyl (C=O) groups is 1. The van der Waals surface area contributed by atoms with Crippen molar-refractivity contribution in [3.8, 4) is 0 Å². The van der Waals surface area contributed by atoms with Crippen LogP contribution in [0, 0.1) is 0 Å². The molecule has 0 atom stereocenters. The molecule has 2 heteroatoms. The molecule has 0 aliphatic rings. The van der Waals surface area contributed by atoms with Crippen molar-refractivity contribution >= 4 is 5.78 Å². The third-order valence-corrected chi connectivity index (χ3v) is 4.18. The fourth-order valence-corrected chi connectivity index (χ4v) is 2.69. The number of hydrogen-bond donors (Lipinski definition) is 1. The molecule has 0 aromatic carbocycles. The Morgan fingerprint density at radius 3 is 1.70 bits per heavy atom. The molecule has 0 radical (unpaired) electrons. The Labute approximate surface area is 125 Å². The second kappa shape index (κ2) is 11.9. The maximum absolute atomic E-state index is 12.0. The number of ketones is 1. The third-order valence-electron chi connectivity index (χ3n) is 4.18. The predicted octanol–water partition coefficient (Wildman–Crippen LogP) is 4.81. The second-order valence-corrected chi connectivity index (χ2v) is 5.66. The van der Waals surface area contributed by atoms with Gasteiger partial charge in [-0.15, -0.1) is 13.2 Å². The fourth-order valence-electron chi connectivity index (χ4n) is 2.69. The van der Waals surface area contributed by atoms with E-state index in [9.17, 15) is 4.79 Å². The van der Waals surface area contributed by atoms with Gasteiger partial charge in [0.05, 0.1) is 5.54 Å². The van der Waals surface area contributed by atoms with E-state index in [0.29, 0.717) is 0 Å². The molecule has 0 heterocycles. The predicted molar refractivity (Wildman–Crippen MR) is 89.0 cm³/mol. The number of carbonyl (C=O) groups excluding carboxylic acids is 1. The lowest BCUT2D eigenvalue weighted by Crippen LogP contribution is -2.49. The molecule has 116 valence electrons. The van der Waals surface area contributed by atoms with Gasteiger partial charge in [-0.25, -0.2) is 0 Å². The van der Waals surface area contributed by atoms with E-state index < -0.39 is 0 Å². The molecule has 0 aliphatic carbocycles. The lowest BCUT2D eigenvalue weighted by molar-refractivity contribution is -0.123. The van der Waals surface area contributed by atoms with Gasteiger partial charge in [0.15, 0.2) is 0 Å². The number of hydrogen-bond acceptors (Lipinski definition) is 2. The number of unbranched alkanes of at least 4 members (excludes halogenated alkanes) is 6. The van der Waals surface area contributed by atoms with Crippen molar-refractivity contribution in [3.63, 3.8) is 0 Å². The Balaban J connectivity index is 4.17. The van der Waals surface area contributed by atoms with Gasteiger partial charge < -0.3 is 5.32 Å². The molecule has 20 heavy (non-hydrogen) atoms. The molecule has 0 saturated heterocycles. The van der Waals surface area contributed by atoms with Crippen molar-refractivity contribution in [2.24, 2.45) is 0 Å². The monoisotopic (exact) mass is 279 g/mol. The molecule has 0 unspecified atom stereocenters. The van der Waals surface area contributed by atoms with E-state index in [1.54, 1.807) is 6.92 Å². The van der Waals surface area contributed by atoms with Crippen LogP contribution in [0.25, 0.3) is 0 Å². The average molecular weight is 279 g/mol. The molecule has 0 aliphatic heterocycles. The van der Waals surface area contributed by atoms with Crippen LogP contribution in [0.5, 0.6) is 0 Å². The summed E-state index contributed by atoms with van der Waals surface area (Å²) < 4.78 is 0. The van der Waals surface area contributed by atoms with Crippen molar-refractivity contribution in [2.75, 3.05) is 7.05 Å². The summed E-state index contributed by atoms with van der Waals surface area (Å²) in [4.78, 5) is 12.0. The summed E-state index contributed by atoms with van der Waals surface area (Å²) in [5.41, 5.74) is -0.303. The number of likely N-dealkylation sites (N-methyl/N-ethyl adjacent to an activating group) is 1. The minimum Gasteiger partial charge on any atom is -0.308 e. The molecule has 0 aromatic rings. The average Bonchev–Trinajstić information content (AvgIpc) is 2.44. The summed E-state index contributed by atoms with van der Waals surface area (Å²) in [6, 6.07) is 0. The second-order valence-electron chi connectivity index (χ2n) is 5.66. The van der Waals surface area contributed by atoms with E-state index in [4.69, 9.17) is 0 Å². The van der Waals surface area contributed by atoms with E-state index in [1.165, 1.54) is 25.7 Å². The first-order chi connectivity index (χ1) is 9.63. The lowest BCUT2D eigenvalue weighted by atomic mass is 9.83. The molecule has 0 spiro atoms. The summed E-state index contributed by atoms with van der Waals surface area (Å²) in [5.74, 6) is 0.285. The van der Waals surface area contributed by atoms with Crippen molar-refractivity contribution in [1.82, 2.24) is 5.32 Å². The van der Waals surface area contributed by atoms with Gasteiger partial charge in [-0.3, -0.25) is 4.79 Å². The molecular weight excluding hydrogens is 246 g/mol. The van der Waals surface area contributed by atoms with E-state index >= 15 is 0 Å². The zero-order valence-electron chi connectivity index (χ0n) is 13.5. The SMILES string of the molecule is C=CCCCCCC(CCCCCC=C)(NC)C(C)=O. The van der Waals surface area contributed by atoms with Crippen LogP contribution in [0.2, 0.25) is 0 Å². The van der Waals surface area contributed by atoms with Crippen LogP contribution in [0.3, 0.4) is 0 Å². The van der Waals surface area contributed by atoms with Crippen LogP contribution in [-0.2, 0) is 4.79 Å². The maximum atomic E-state index is 12.0. The van der Waals surface area contributed by atoms with Crippen LogP contribution in [0.15, 0.2) is 25.3 Å². The topological polar surface area (TPSA) is 29.1 Å². The Morgan fingerprint density at radius 2 is 1.40 bits per heavy atom. The van der Waals surface area contributed by atoms with Gasteiger partial charge in [0.2, 0.25) is 0 Å². The highest BCUT2D eigenvalue weighted by Crippen LogP contribution is 2.24. The van der Waals surface area contributed by atoms with Crippen molar-refractivity contribution in [2.45, 2.75) is 76.7 Å². The van der Waals surface area contributed by atoms with Crippen molar-refractivity contribution in [3.05, 3.63) is 25.3 Å². The van der Waals surface area contributed by atoms with Gasteiger partial charge in [0.1, 0.15) is 5.78 Å². The highest BCUT2D eigenvalue weighted by Gasteiger charge is 2.31. The highest BCUT2D eigenvalue weighted by molar-refractivity contribution is 5.86. The number of rotatable bonds is 14. The van der Waals surface area contributed by atoms with E-state index in [-0.39, 0.29) is 11.3 Å². The molecule has 0 amide bonds. The first kappa shape index (κ1) is 19.1. The van der Waals surface area contributed by atoms with Crippen LogP contribution in [0.1, 0.15) is 71.1 Å². The van der Waals surface area contributed by atoms with E-state index in [0.717, 1.165) is 38.5 Å². The molecule has 0 aromatic heterocycles. The zero-order valence-corrected chi connectivity index (χ0v) is 13.5. The number of nitrogens with one attached hydrogen (secondary N) is 1. The summed E-state index contributed by atoms with van der Waals surface area (Å²) >= 11 is 0. The van der Waals surface area contributed by atoms with E-state index in [2.05, 4.69) is 18.5 Å². The minimum atomic E-state index is -0.303. The van der Waals surface area contributed by atoms with Gasteiger partial charge in [-0.2, -0.15) is 0 Å². The minimum absolute atomic E-state index is 0.285. The number of allylic oxidation sites excluding steroid dienone is 2. The summed E-state index contributed by atoms with van der Waals surface area (Å²) in [6.07, 6.45) is 14.9. The smallest absolute Gasteiger partial charge is 0.149 e. The molecular formula is C18H33NO. The fraction of sp³-hybridized carbons (Fsp3) is 0.722. The lowest BCUT2D eigenvalue weighted by Gasteiger charge is -2.31. The molecule has 0 bridgehead atoms. The molecule has 0 saturated carbocycles. The largest absolute Gasteiger partial charge is 0.308 e. The Bertz CT molecular complexity index is 265. The van der Waals surface area contributed by atoms with Gasteiger partial charge in [0.25, 0.3) is 0 Å². The van der Waals surface area contributed by atoms with Gasteiger partial charge >= 0.3 is 0 Å². The normalized spacial score (nSPS) is 11.3. The Hall–Kier alpha value is -0.890. The Kier molecular flexibility index (Phi) is 11.4. The quantitative estimate of drug-likeness (QED) is 0.365. The zero-order chi connectivity index (χ0) is 15.3. The maximum Gasteiger partial charge on any atom is 0.149 e. The first-order valence-electron chi connectivity index (χ1n) is 8.04. The van der Waals surface area contributed by atoms with Gasteiger partial charge in [-0.05, 0) is 52.5 Å². The molecule has 0 fully saturated rings. The standard InChI is InChI=1S/C18H33NO/c1-5-7-9-11-13-15-18(19-4,17(3)20)16-14-12-10-8-6-2/h5-6,19H,1-2,7-16H2,3-4H3. The van der Waals surface area contributed by atoms with Crippen LogP contribution in [0.4, 0.5) is 0 Å². The summed E-state index contributed by atoms with van der Waals surface area (Å²) in [7, 11) is 1.93. The molecule has 2 nitrogen and oxygen atoms in total. The Morgan fingerprint density at radius 1 is 0.950 bits per heavy atom. The summed E-state index contributed by atoms with van der Waals surface area (Å²) in [5, 5.41) is 3.31. The van der Waals surface area contributed by atoms with Crippen LogP contribution >= 0.6 is 0 Å². The molecule has 0 rings (SSSR count). The van der Waals surface area contributed by atoms with Crippen molar-refractivity contribution < 1.29 is 4.79 Å². The van der Waals surface area contributed by atoms with Gasteiger partial charge in [-0.1, -0.05) is 37.8 Å². The molecule has 1 N–H and O–H groups in total. The number of Topliss-reactive ketones (excluding diaryl/α,β-unsaturated/α-hetero) is 1.